The van der Waals surface area contributed by atoms with Crippen LogP contribution in [0.1, 0.15) is 31.4 Å². The summed E-state index contributed by atoms with van der Waals surface area (Å²) >= 11 is 6.14. The Morgan fingerprint density at radius 2 is 2.12 bits per heavy atom. The molecule has 1 atom stereocenters. The van der Waals surface area contributed by atoms with Crippen LogP contribution >= 0.6 is 11.6 Å². The molecule has 0 aliphatic rings. The Hall–Kier alpha value is -1.12. The van der Waals surface area contributed by atoms with E-state index < -0.39 is 0 Å². The Labute approximate surface area is 100 Å². The molecule has 0 unspecified atom stereocenters. The Balaban J connectivity index is 2.49. The molecule has 0 aliphatic carbocycles. The highest BCUT2D eigenvalue weighted by atomic mass is 35.5. The van der Waals surface area contributed by atoms with E-state index in [2.05, 4.69) is 11.9 Å². The number of nitrogens with two attached hydrogens (primary N) is 1. The molecule has 0 fully saturated rings. The van der Waals surface area contributed by atoms with E-state index in [0.29, 0.717) is 5.15 Å². The number of nitrogens with zero attached hydrogens (tertiary/aromatic N) is 1. The van der Waals surface area contributed by atoms with Crippen LogP contribution in [0.25, 0.3) is 10.9 Å². The van der Waals surface area contributed by atoms with E-state index in [4.69, 9.17) is 17.3 Å². The van der Waals surface area contributed by atoms with Crippen molar-refractivity contribution in [3.8, 4) is 0 Å². The van der Waals surface area contributed by atoms with Crippen molar-refractivity contribution in [1.82, 2.24) is 4.98 Å². The summed E-state index contributed by atoms with van der Waals surface area (Å²) in [7, 11) is 0. The van der Waals surface area contributed by atoms with Crippen molar-refractivity contribution >= 4 is 22.5 Å². The molecule has 0 saturated heterocycles. The molecule has 0 radical (unpaired) electrons. The first-order chi connectivity index (χ1) is 7.72. The molecule has 2 nitrogen and oxygen atoms in total. The van der Waals surface area contributed by atoms with Crippen LogP contribution in [-0.4, -0.2) is 4.98 Å². The Morgan fingerprint density at radius 3 is 2.88 bits per heavy atom. The second kappa shape index (κ2) is 4.81. The van der Waals surface area contributed by atoms with Gasteiger partial charge in [-0.2, -0.15) is 0 Å². The minimum atomic E-state index is -0.0189. The predicted molar refractivity (Wildman–Crippen MR) is 68.6 cm³/mol. The highest BCUT2D eigenvalue weighted by Crippen LogP contribution is 2.26. The molecule has 0 bridgehead atoms. The summed E-state index contributed by atoms with van der Waals surface area (Å²) in [4.78, 5) is 4.36. The van der Waals surface area contributed by atoms with Crippen LogP contribution in [0.3, 0.4) is 0 Å². The predicted octanol–water partition coefficient (Wildman–Crippen LogP) is 3.69. The molecule has 0 aliphatic heterocycles. The number of hydrogen-bond donors (Lipinski definition) is 1. The van der Waals surface area contributed by atoms with E-state index in [9.17, 15) is 0 Å². The monoisotopic (exact) mass is 234 g/mol. The fourth-order valence-electron chi connectivity index (χ4n) is 1.84. The lowest BCUT2D eigenvalue weighted by Crippen LogP contribution is -2.10. The van der Waals surface area contributed by atoms with Gasteiger partial charge in [0, 0.05) is 17.0 Å². The largest absolute Gasteiger partial charge is 0.324 e. The van der Waals surface area contributed by atoms with Crippen molar-refractivity contribution in [1.29, 1.82) is 0 Å². The average molecular weight is 235 g/mol. The van der Waals surface area contributed by atoms with Crippen molar-refractivity contribution in [3.63, 3.8) is 0 Å². The van der Waals surface area contributed by atoms with Crippen LogP contribution in [0.15, 0.2) is 30.3 Å². The number of benzene rings is 1. The van der Waals surface area contributed by atoms with Gasteiger partial charge in [-0.05, 0) is 18.6 Å². The third-order valence-corrected chi connectivity index (χ3v) is 3.01. The van der Waals surface area contributed by atoms with Crippen molar-refractivity contribution in [2.75, 3.05) is 0 Å². The zero-order valence-corrected chi connectivity index (χ0v) is 10.0. The zero-order chi connectivity index (χ0) is 11.5. The summed E-state index contributed by atoms with van der Waals surface area (Å²) < 4.78 is 0. The number of halogens is 1. The summed E-state index contributed by atoms with van der Waals surface area (Å²) in [6.45, 7) is 2.11. The molecule has 1 aromatic carbocycles. The Bertz CT molecular complexity index is 496. The normalized spacial score (nSPS) is 12.9. The van der Waals surface area contributed by atoms with Crippen LogP contribution < -0.4 is 5.73 Å². The molecule has 0 spiro atoms. The second-order valence-electron chi connectivity index (χ2n) is 3.96. The van der Waals surface area contributed by atoms with Gasteiger partial charge in [0.15, 0.2) is 0 Å². The third-order valence-electron chi connectivity index (χ3n) is 2.70. The smallest absolute Gasteiger partial charge is 0.134 e. The molecule has 16 heavy (non-hydrogen) atoms. The zero-order valence-electron chi connectivity index (χ0n) is 9.28. The molecule has 84 valence electrons. The maximum Gasteiger partial charge on any atom is 0.134 e. The lowest BCUT2D eigenvalue weighted by Gasteiger charge is -2.12. The summed E-state index contributed by atoms with van der Waals surface area (Å²) in [6, 6.07) is 9.96. The molecule has 2 N–H and O–H groups in total. The SMILES string of the molecule is CCC[C@H](N)c1cc2ccccc2nc1Cl. The van der Waals surface area contributed by atoms with Gasteiger partial charge in [0.2, 0.25) is 0 Å². The van der Waals surface area contributed by atoms with Crippen molar-refractivity contribution in [2.24, 2.45) is 5.73 Å². The van der Waals surface area contributed by atoms with E-state index in [1.165, 1.54) is 0 Å². The maximum absolute atomic E-state index is 6.14. The highest BCUT2D eigenvalue weighted by Gasteiger charge is 2.11. The standard InChI is InChI=1S/C13H15ClN2/c1-2-5-11(15)10-8-9-6-3-4-7-12(9)16-13(10)14/h3-4,6-8,11H,2,5,15H2,1H3/t11-/m0/s1. The number of pyridine rings is 1. The Morgan fingerprint density at radius 1 is 1.38 bits per heavy atom. The van der Waals surface area contributed by atoms with Crippen molar-refractivity contribution < 1.29 is 0 Å². The third kappa shape index (κ3) is 2.18. The minimum absolute atomic E-state index is 0.0189. The van der Waals surface area contributed by atoms with Crippen LogP contribution in [-0.2, 0) is 0 Å². The molecular weight excluding hydrogens is 220 g/mol. The molecule has 2 rings (SSSR count). The first-order valence-corrected chi connectivity index (χ1v) is 5.91. The molecule has 3 heteroatoms. The lowest BCUT2D eigenvalue weighted by atomic mass is 10.0. The van der Waals surface area contributed by atoms with Gasteiger partial charge < -0.3 is 5.73 Å². The van der Waals surface area contributed by atoms with Gasteiger partial charge >= 0.3 is 0 Å². The van der Waals surface area contributed by atoms with Crippen LogP contribution in [0, 0.1) is 0 Å². The number of aromatic nitrogens is 1. The summed E-state index contributed by atoms with van der Waals surface area (Å²) in [5, 5.41) is 1.62. The quantitative estimate of drug-likeness (QED) is 0.823. The van der Waals surface area contributed by atoms with Gasteiger partial charge in [0.05, 0.1) is 5.52 Å². The molecular formula is C13H15ClN2. The summed E-state index contributed by atoms with van der Waals surface area (Å²) in [5.41, 5.74) is 7.94. The summed E-state index contributed by atoms with van der Waals surface area (Å²) in [6.07, 6.45) is 1.98. The molecule has 0 amide bonds. The van der Waals surface area contributed by atoms with Gasteiger partial charge in [-0.3, -0.25) is 0 Å². The second-order valence-corrected chi connectivity index (χ2v) is 4.31. The van der Waals surface area contributed by atoms with Gasteiger partial charge in [-0.15, -0.1) is 0 Å². The average Bonchev–Trinajstić information content (AvgIpc) is 2.28. The minimum Gasteiger partial charge on any atom is -0.324 e. The van der Waals surface area contributed by atoms with Gasteiger partial charge in [0.25, 0.3) is 0 Å². The lowest BCUT2D eigenvalue weighted by molar-refractivity contribution is 0.637. The van der Waals surface area contributed by atoms with Crippen molar-refractivity contribution in [2.45, 2.75) is 25.8 Å². The van der Waals surface area contributed by atoms with E-state index >= 15 is 0 Å². The molecule has 0 saturated carbocycles. The van der Waals surface area contributed by atoms with E-state index in [1.807, 2.05) is 30.3 Å². The van der Waals surface area contributed by atoms with Crippen LogP contribution in [0.5, 0.6) is 0 Å². The fourth-order valence-corrected chi connectivity index (χ4v) is 2.12. The number of para-hydroxylation sites is 1. The van der Waals surface area contributed by atoms with Crippen LogP contribution in [0.4, 0.5) is 0 Å². The Kier molecular flexibility index (Phi) is 3.42. The van der Waals surface area contributed by atoms with Gasteiger partial charge in [-0.25, -0.2) is 4.98 Å². The van der Waals surface area contributed by atoms with Crippen molar-refractivity contribution in [3.05, 3.63) is 41.0 Å². The van der Waals surface area contributed by atoms with E-state index in [1.54, 1.807) is 0 Å². The van der Waals surface area contributed by atoms with Gasteiger partial charge in [-0.1, -0.05) is 43.1 Å². The summed E-state index contributed by atoms with van der Waals surface area (Å²) in [5.74, 6) is 0. The van der Waals surface area contributed by atoms with Crippen LogP contribution in [0.2, 0.25) is 5.15 Å². The number of rotatable bonds is 3. The first-order valence-electron chi connectivity index (χ1n) is 5.53. The molecule has 2 aromatic rings. The number of fused-ring (bicyclic) bond motifs is 1. The topological polar surface area (TPSA) is 38.9 Å². The molecule has 1 heterocycles. The highest BCUT2D eigenvalue weighted by molar-refractivity contribution is 6.30. The van der Waals surface area contributed by atoms with E-state index in [0.717, 1.165) is 29.3 Å². The molecule has 1 aromatic heterocycles. The number of hydrogen-bond acceptors (Lipinski definition) is 2. The first kappa shape index (κ1) is 11.4. The van der Waals surface area contributed by atoms with Gasteiger partial charge in [0.1, 0.15) is 5.15 Å². The fraction of sp³-hybridized carbons (Fsp3) is 0.308. The van der Waals surface area contributed by atoms with E-state index in [-0.39, 0.29) is 6.04 Å². The maximum atomic E-state index is 6.14.